The van der Waals surface area contributed by atoms with Crippen LogP contribution in [0, 0.1) is 0 Å². The van der Waals surface area contributed by atoms with Gasteiger partial charge in [-0.15, -0.1) is 0 Å². The van der Waals surface area contributed by atoms with Gasteiger partial charge in [-0.25, -0.2) is 9.97 Å². The lowest BCUT2D eigenvalue weighted by Gasteiger charge is -2.23. The first kappa shape index (κ1) is 9.09. The van der Waals surface area contributed by atoms with Crippen molar-refractivity contribution in [3.05, 3.63) is 22.2 Å². The summed E-state index contributed by atoms with van der Waals surface area (Å²) >= 11 is 3.37. The van der Waals surface area contributed by atoms with Crippen molar-refractivity contribution in [3.63, 3.8) is 0 Å². The Morgan fingerprint density at radius 2 is 2.23 bits per heavy atom. The first-order valence-electron chi connectivity index (χ1n) is 4.53. The van der Waals surface area contributed by atoms with Crippen molar-refractivity contribution in [3.8, 4) is 0 Å². The molecule has 0 aromatic carbocycles. The second-order valence-electron chi connectivity index (χ2n) is 3.37. The van der Waals surface area contributed by atoms with Crippen molar-refractivity contribution in [2.24, 2.45) is 5.73 Å². The van der Waals surface area contributed by atoms with Crippen LogP contribution in [0.2, 0.25) is 0 Å². The number of nitrogens with zero attached hydrogens (tertiary/aromatic N) is 2. The lowest BCUT2D eigenvalue weighted by atomic mass is 9.85. The molecule has 0 radical (unpaired) electrons. The van der Waals surface area contributed by atoms with Crippen LogP contribution >= 0.6 is 15.9 Å². The summed E-state index contributed by atoms with van der Waals surface area (Å²) in [7, 11) is 0. The summed E-state index contributed by atoms with van der Waals surface area (Å²) in [4.78, 5) is 8.76. The van der Waals surface area contributed by atoms with Crippen LogP contribution in [0.5, 0.6) is 0 Å². The molecule has 3 nitrogen and oxygen atoms in total. The van der Waals surface area contributed by atoms with E-state index in [0.717, 1.165) is 16.1 Å². The van der Waals surface area contributed by atoms with Gasteiger partial charge >= 0.3 is 0 Å². The summed E-state index contributed by atoms with van der Waals surface area (Å²) in [6.45, 7) is 0.487. The summed E-state index contributed by atoms with van der Waals surface area (Å²) in [5, 5.41) is 0. The molecule has 70 valence electrons. The third-order valence-corrected chi connectivity index (χ3v) is 2.85. The van der Waals surface area contributed by atoms with Crippen molar-refractivity contribution in [1.29, 1.82) is 0 Å². The molecule has 2 N–H and O–H groups in total. The zero-order valence-electron chi connectivity index (χ0n) is 7.33. The van der Waals surface area contributed by atoms with Crippen LogP contribution in [0.1, 0.15) is 36.7 Å². The van der Waals surface area contributed by atoms with Gasteiger partial charge in [-0.3, -0.25) is 0 Å². The third kappa shape index (κ3) is 1.89. The highest BCUT2D eigenvalue weighted by Gasteiger charge is 2.22. The Morgan fingerprint density at radius 3 is 2.77 bits per heavy atom. The van der Waals surface area contributed by atoms with Gasteiger partial charge in [0.05, 0.1) is 5.69 Å². The van der Waals surface area contributed by atoms with Crippen LogP contribution in [0.4, 0.5) is 0 Å². The highest BCUT2D eigenvalue weighted by atomic mass is 79.9. The van der Waals surface area contributed by atoms with Gasteiger partial charge in [0.2, 0.25) is 0 Å². The second kappa shape index (κ2) is 3.72. The summed E-state index contributed by atoms with van der Waals surface area (Å²) in [6, 6.07) is 1.88. The number of hydrogen-bond donors (Lipinski definition) is 1. The van der Waals surface area contributed by atoms with Crippen LogP contribution in [0.15, 0.2) is 10.7 Å². The van der Waals surface area contributed by atoms with E-state index in [1.165, 1.54) is 19.3 Å². The lowest BCUT2D eigenvalue weighted by Crippen LogP contribution is -2.14. The highest BCUT2D eigenvalue weighted by Crippen LogP contribution is 2.34. The third-order valence-electron chi connectivity index (χ3n) is 2.44. The minimum atomic E-state index is 0.487. The predicted molar refractivity (Wildman–Crippen MR) is 54.2 cm³/mol. The molecule has 0 amide bonds. The molecule has 2 rings (SSSR count). The molecule has 1 fully saturated rings. The smallest absolute Gasteiger partial charge is 0.133 e. The van der Waals surface area contributed by atoms with E-state index in [4.69, 9.17) is 5.73 Å². The number of aromatic nitrogens is 2. The predicted octanol–water partition coefficient (Wildman–Crippen LogP) is 1.97. The molecule has 0 unspecified atom stereocenters. The molecule has 1 heterocycles. The zero-order chi connectivity index (χ0) is 9.26. The molecule has 4 heteroatoms. The fraction of sp³-hybridized carbons (Fsp3) is 0.556. The molecular formula is C9H12BrN3. The van der Waals surface area contributed by atoms with Gasteiger partial charge in [-0.05, 0) is 34.8 Å². The summed E-state index contributed by atoms with van der Waals surface area (Å²) in [6.07, 6.45) is 3.75. The fourth-order valence-electron chi connectivity index (χ4n) is 1.44. The van der Waals surface area contributed by atoms with Gasteiger partial charge in [-0.2, -0.15) is 0 Å². The van der Waals surface area contributed by atoms with E-state index in [-0.39, 0.29) is 0 Å². The molecule has 1 aliphatic carbocycles. The van der Waals surface area contributed by atoms with E-state index in [0.29, 0.717) is 12.5 Å². The lowest BCUT2D eigenvalue weighted by molar-refractivity contribution is 0.399. The summed E-state index contributed by atoms with van der Waals surface area (Å²) < 4.78 is 0.852. The van der Waals surface area contributed by atoms with E-state index in [1.807, 2.05) is 6.07 Å². The molecule has 0 aliphatic heterocycles. The van der Waals surface area contributed by atoms with Crippen molar-refractivity contribution in [2.45, 2.75) is 31.7 Å². The van der Waals surface area contributed by atoms with Crippen LogP contribution in [-0.2, 0) is 6.54 Å². The molecule has 0 atom stereocenters. The average Bonchev–Trinajstić information content (AvgIpc) is 2.00. The molecule has 1 aliphatic rings. The Balaban J connectivity index is 2.28. The SMILES string of the molecule is NCc1cc(Br)nc(C2CCC2)n1. The quantitative estimate of drug-likeness (QED) is 0.806. The first-order chi connectivity index (χ1) is 6.29. The maximum absolute atomic E-state index is 5.54. The van der Waals surface area contributed by atoms with Crippen molar-refractivity contribution in [1.82, 2.24) is 9.97 Å². The molecule has 0 bridgehead atoms. The summed E-state index contributed by atoms with van der Waals surface area (Å²) in [5.41, 5.74) is 6.46. The van der Waals surface area contributed by atoms with E-state index in [2.05, 4.69) is 25.9 Å². The van der Waals surface area contributed by atoms with Crippen LogP contribution in [0.3, 0.4) is 0 Å². The average molecular weight is 242 g/mol. The standard InChI is InChI=1S/C9H12BrN3/c10-8-4-7(5-11)12-9(13-8)6-2-1-3-6/h4,6H,1-3,5,11H2. The van der Waals surface area contributed by atoms with Gasteiger partial charge in [0.15, 0.2) is 0 Å². The molecule has 0 spiro atoms. The number of hydrogen-bond acceptors (Lipinski definition) is 3. The highest BCUT2D eigenvalue weighted by molar-refractivity contribution is 9.10. The molecule has 1 aromatic rings. The van der Waals surface area contributed by atoms with Crippen molar-refractivity contribution >= 4 is 15.9 Å². The maximum Gasteiger partial charge on any atom is 0.133 e. The number of halogens is 1. The van der Waals surface area contributed by atoms with Gasteiger partial charge in [0.25, 0.3) is 0 Å². The van der Waals surface area contributed by atoms with Gasteiger partial charge in [-0.1, -0.05) is 6.42 Å². The van der Waals surface area contributed by atoms with E-state index in [1.54, 1.807) is 0 Å². The molecule has 1 saturated carbocycles. The van der Waals surface area contributed by atoms with Gasteiger partial charge in [0, 0.05) is 12.5 Å². The van der Waals surface area contributed by atoms with Crippen LogP contribution in [-0.4, -0.2) is 9.97 Å². The number of nitrogens with two attached hydrogens (primary N) is 1. The van der Waals surface area contributed by atoms with E-state index in [9.17, 15) is 0 Å². The molecule has 13 heavy (non-hydrogen) atoms. The Kier molecular flexibility index (Phi) is 2.60. The van der Waals surface area contributed by atoms with Crippen LogP contribution < -0.4 is 5.73 Å². The van der Waals surface area contributed by atoms with Gasteiger partial charge < -0.3 is 5.73 Å². The number of rotatable bonds is 2. The minimum absolute atomic E-state index is 0.487. The molecular weight excluding hydrogens is 230 g/mol. The maximum atomic E-state index is 5.54. The topological polar surface area (TPSA) is 51.8 Å². The zero-order valence-corrected chi connectivity index (χ0v) is 8.92. The Hall–Kier alpha value is -0.480. The van der Waals surface area contributed by atoms with Crippen molar-refractivity contribution in [2.75, 3.05) is 0 Å². The largest absolute Gasteiger partial charge is 0.325 e. The Morgan fingerprint density at radius 1 is 1.46 bits per heavy atom. The van der Waals surface area contributed by atoms with Crippen molar-refractivity contribution < 1.29 is 0 Å². The minimum Gasteiger partial charge on any atom is -0.325 e. The molecule has 0 saturated heterocycles. The first-order valence-corrected chi connectivity index (χ1v) is 5.32. The van der Waals surface area contributed by atoms with E-state index >= 15 is 0 Å². The Labute approximate surface area is 85.9 Å². The monoisotopic (exact) mass is 241 g/mol. The van der Waals surface area contributed by atoms with Gasteiger partial charge in [0.1, 0.15) is 10.4 Å². The molecule has 1 aromatic heterocycles. The fourth-order valence-corrected chi connectivity index (χ4v) is 1.88. The van der Waals surface area contributed by atoms with E-state index < -0.39 is 0 Å². The second-order valence-corrected chi connectivity index (χ2v) is 4.18. The Bertz CT molecular complexity index is 310. The summed E-state index contributed by atoms with van der Waals surface area (Å²) in [5.74, 6) is 1.53. The normalized spacial score (nSPS) is 17.1. The van der Waals surface area contributed by atoms with Crippen LogP contribution in [0.25, 0.3) is 0 Å².